The molecule has 0 radical (unpaired) electrons. The molecule has 0 spiro atoms. The fourth-order valence-electron chi connectivity index (χ4n) is 1.38. The molecule has 0 aromatic carbocycles. The summed E-state index contributed by atoms with van der Waals surface area (Å²) in [5.74, 6) is 1.27. The number of nitrogens with zero attached hydrogens (tertiary/aromatic N) is 2. The Balaban J connectivity index is 2.45. The normalized spacial score (nSPS) is 10.3. The number of pyridine rings is 1. The summed E-state index contributed by atoms with van der Waals surface area (Å²) in [4.78, 5) is 18.7. The Morgan fingerprint density at radius 3 is 2.60 bits per heavy atom. The lowest BCUT2D eigenvalue weighted by Crippen LogP contribution is -1.86. The molecule has 4 nitrogen and oxygen atoms in total. The van der Waals surface area contributed by atoms with Crippen LogP contribution in [0.2, 0.25) is 0 Å². The molecule has 15 heavy (non-hydrogen) atoms. The monoisotopic (exact) mass is 202 g/mol. The van der Waals surface area contributed by atoms with Gasteiger partial charge in [0.2, 0.25) is 0 Å². The molecule has 0 N–H and O–H groups in total. The first-order valence-electron chi connectivity index (χ1n) is 4.56. The van der Waals surface area contributed by atoms with Crippen molar-refractivity contribution in [3.8, 4) is 11.5 Å². The zero-order chi connectivity index (χ0) is 10.8. The average Bonchev–Trinajstić information content (AvgIpc) is 2.58. The van der Waals surface area contributed by atoms with Crippen LogP contribution in [0.3, 0.4) is 0 Å². The van der Waals surface area contributed by atoms with Gasteiger partial charge in [-0.15, -0.1) is 0 Å². The van der Waals surface area contributed by atoms with Crippen LogP contribution in [0.15, 0.2) is 22.7 Å². The molecule has 0 aliphatic rings. The van der Waals surface area contributed by atoms with Gasteiger partial charge in [-0.1, -0.05) is 0 Å². The molecular formula is C11H10N2O2. The molecule has 0 aliphatic heterocycles. The van der Waals surface area contributed by atoms with E-state index < -0.39 is 0 Å². The lowest BCUT2D eigenvalue weighted by Gasteiger charge is -1.96. The number of carbonyl (C=O) groups is 1. The van der Waals surface area contributed by atoms with Crippen molar-refractivity contribution in [2.75, 3.05) is 0 Å². The molecule has 0 amide bonds. The highest BCUT2D eigenvalue weighted by Crippen LogP contribution is 2.21. The van der Waals surface area contributed by atoms with E-state index in [2.05, 4.69) is 9.97 Å². The van der Waals surface area contributed by atoms with Crippen LogP contribution < -0.4 is 0 Å². The molecule has 76 valence electrons. The van der Waals surface area contributed by atoms with Crippen LogP contribution in [0.25, 0.3) is 11.5 Å². The SMILES string of the molecule is Cc1nc(C)c(-c2ccc(C=O)cn2)o1. The molecule has 2 aromatic rings. The zero-order valence-corrected chi connectivity index (χ0v) is 8.52. The molecule has 0 saturated heterocycles. The van der Waals surface area contributed by atoms with Gasteiger partial charge in [0, 0.05) is 18.7 Å². The van der Waals surface area contributed by atoms with E-state index in [0.29, 0.717) is 22.9 Å². The van der Waals surface area contributed by atoms with Gasteiger partial charge in [-0.2, -0.15) is 0 Å². The fourth-order valence-corrected chi connectivity index (χ4v) is 1.38. The summed E-state index contributed by atoms with van der Waals surface area (Å²) in [7, 11) is 0. The highest BCUT2D eigenvalue weighted by Gasteiger charge is 2.10. The van der Waals surface area contributed by atoms with E-state index in [1.807, 2.05) is 6.92 Å². The van der Waals surface area contributed by atoms with E-state index in [4.69, 9.17) is 4.42 Å². The number of oxazole rings is 1. The van der Waals surface area contributed by atoms with E-state index >= 15 is 0 Å². The van der Waals surface area contributed by atoms with Crippen molar-refractivity contribution in [2.24, 2.45) is 0 Å². The van der Waals surface area contributed by atoms with Crippen LogP contribution in [0.5, 0.6) is 0 Å². The number of aromatic nitrogens is 2. The summed E-state index contributed by atoms with van der Waals surface area (Å²) in [5.41, 5.74) is 2.05. The maximum absolute atomic E-state index is 10.4. The summed E-state index contributed by atoms with van der Waals surface area (Å²) < 4.78 is 5.41. The Morgan fingerprint density at radius 2 is 2.13 bits per heavy atom. The molecular weight excluding hydrogens is 192 g/mol. The molecule has 2 aromatic heterocycles. The van der Waals surface area contributed by atoms with Crippen LogP contribution in [0, 0.1) is 13.8 Å². The lowest BCUT2D eigenvalue weighted by atomic mass is 10.2. The number of carbonyl (C=O) groups excluding carboxylic acids is 1. The van der Waals surface area contributed by atoms with Gasteiger partial charge in [0.05, 0.1) is 5.69 Å². The predicted octanol–water partition coefficient (Wildman–Crippen LogP) is 2.17. The van der Waals surface area contributed by atoms with Crippen molar-refractivity contribution in [1.82, 2.24) is 9.97 Å². The smallest absolute Gasteiger partial charge is 0.192 e. The molecule has 0 fully saturated rings. The fraction of sp³-hybridized carbons (Fsp3) is 0.182. The maximum atomic E-state index is 10.4. The van der Waals surface area contributed by atoms with Crippen molar-refractivity contribution >= 4 is 6.29 Å². The second-order valence-electron chi connectivity index (χ2n) is 3.24. The summed E-state index contributed by atoms with van der Waals surface area (Å²) in [6, 6.07) is 3.45. The Morgan fingerprint density at radius 1 is 1.33 bits per heavy atom. The van der Waals surface area contributed by atoms with Gasteiger partial charge in [0.15, 0.2) is 17.9 Å². The van der Waals surface area contributed by atoms with E-state index in [1.165, 1.54) is 6.20 Å². The summed E-state index contributed by atoms with van der Waals surface area (Å²) in [5, 5.41) is 0. The minimum Gasteiger partial charge on any atom is -0.439 e. The van der Waals surface area contributed by atoms with Crippen LogP contribution in [-0.2, 0) is 0 Å². The molecule has 0 unspecified atom stereocenters. The number of hydrogen-bond acceptors (Lipinski definition) is 4. The van der Waals surface area contributed by atoms with E-state index in [0.717, 1.165) is 12.0 Å². The van der Waals surface area contributed by atoms with Crippen molar-refractivity contribution in [3.05, 3.63) is 35.5 Å². The van der Waals surface area contributed by atoms with E-state index in [-0.39, 0.29) is 0 Å². The van der Waals surface area contributed by atoms with Crippen molar-refractivity contribution in [3.63, 3.8) is 0 Å². The number of hydrogen-bond donors (Lipinski definition) is 0. The highest BCUT2D eigenvalue weighted by atomic mass is 16.4. The summed E-state index contributed by atoms with van der Waals surface area (Å²) in [6.45, 7) is 3.65. The maximum Gasteiger partial charge on any atom is 0.192 e. The van der Waals surface area contributed by atoms with Crippen molar-refractivity contribution in [2.45, 2.75) is 13.8 Å². The van der Waals surface area contributed by atoms with Gasteiger partial charge in [0.25, 0.3) is 0 Å². The van der Waals surface area contributed by atoms with Gasteiger partial charge in [-0.25, -0.2) is 4.98 Å². The lowest BCUT2D eigenvalue weighted by molar-refractivity contribution is 0.112. The summed E-state index contributed by atoms with van der Waals surface area (Å²) >= 11 is 0. The minimum atomic E-state index is 0.549. The van der Waals surface area contributed by atoms with Gasteiger partial charge >= 0.3 is 0 Å². The third-order valence-corrected chi connectivity index (χ3v) is 2.06. The molecule has 0 saturated carbocycles. The van der Waals surface area contributed by atoms with Crippen LogP contribution in [0.1, 0.15) is 21.9 Å². The van der Waals surface area contributed by atoms with Gasteiger partial charge < -0.3 is 4.42 Å². The minimum absolute atomic E-state index is 0.549. The molecule has 2 heterocycles. The van der Waals surface area contributed by atoms with Crippen molar-refractivity contribution in [1.29, 1.82) is 0 Å². The molecule has 2 rings (SSSR count). The van der Waals surface area contributed by atoms with Gasteiger partial charge in [-0.3, -0.25) is 9.78 Å². The molecule has 4 heteroatoms. The van der Waals surface area contributed by atoms with Gasteiger partial charge in [0.1, 0.15) is 5.69 Å². The highest BCUT2D eigenvalue weighted by molar-refractivity contribution is 5.74. The first kappa shape index (κ1) is 9.58. The first-order valence-corrected chi connectivity index (χ1v) is 4.56. The topological polar surface area (TPSA) is 56.0 Å². The third kappa shape index (κ3) is 1.79. The van der Waals surface area contributed by atoms with Crippen LogP contribution in [0.4, 0.5) is 0 Å². The third-order valence-electron chi connectivity index (χ3n) is 2.06. The Hall–Kier alpha value is -1.97. The van der Waals surface area contributed by atoms with Crippen LogP contribution >= 0.6 is 0 Å². The van der Waals surface area contributed by atoms with Crippen molar-refractivity contribution < 1.29 is 9.21 Å². The Labute approximate surface area is 87.0 Å². The van der Waals surface area contributed by atoms with Crippen LogP contribution in [-0.4, -0.2) is 16.3 Å². The zero-order valence-electron chi connectivity index (χ0n) is 8.52. The largest absolute Gasteiger partial charge is 0.439 e. The second kappa shape index (κ2) is 3.65. The Kier molecular flexibility index (Phi) is 2.33. The second-order valence-corrected chi connectivity index (χ2v) is 3.24. The summed E-state index contributed by atoms with van der Waals surface area (Å²) in [6.07, 6.45) is 2.27. The van der Waals surface area contributed by atoms with Gasteiger partial charge in [-0.05, 0) is 19.1 Å². The average molecular weight is 202 g/mol. The molecule has 0 aliphatic carbocycles. The quantitative estimate of drug-likeness (QED) is 0.700. The molecule has 0 atom stereocenters. The first-order chi connectivity index (χ1) is 7.20. The number of aryl methyl sites for hydroxylation is 2. The van der Waals surface area contributed by atoms with E-state index in [9.17, 15) is 4.79 Å². The molecule has 0 bridgehead atoms. The number of aldehydes is 1. The standard InChI is InChI=1S/C11H10N2O2/c1-7-11(15-8(2)13-7)10-4-3-9(6-14)5-12-10/h3-6H,1-2H3. The number of rotatable bonds is 2. The predicted molar refractivity (Wildman–Crippen MR) is 54.6 cm³/mol. The van der Waals surface area contributed by atoms with E-state index in [1.54, 1.807) is 19.1 Å². The Bertz CT molecular complexity index is 486.